The molecule has 25 heavy (non-hydrogen) atoms. The summed E-state index contributed by atoms with van der Waals surface area (Å²) in [5.41, 5.74) is -0.592. The molecule has 2 amide bonds. The van der Waals surface area contributed by atoms with Crippen LogP contribution in [0.1, 0.15) is 27.7 Å². The second-order valence-corrected chi connectivity index (χ2v) is 7.05. The minimum absolute atomic E-state index is 0.131. The Morgan fingerprint density at radius 3 is 2.56 bits per heavy atom. The number of nitrogens with zero attached hydrogens (tertiary/aromatic N) is 4. The van der Waals surface area contributed by atoms with Gasteiger partial charge in [0.2, 0.25) is 11.2 Å². The molecular weight excluding hydrogens is 348 g/mol. The van der Waals surface area contributed by atoms with Gasteiger partial charge in [-0.15, -0.1) is 0 Å². The molecule has 1 atom stereocenters. The highest BCUT2D eigenvalue weighted by atomic mass is 35.5. The van der Waals surface area contributed by atoms with Crippen LogP contribution in [0, 0.1) is 0 Å². The quantitative estimate of drug-likeness (QED) is 0.753. The highest BCUT2D eigenvalue weighted by Gasteiger charge is 2.36. The molecule has 2 rings (SSSR count). The number of halogens is 1. The summed E-state index contributed by atoms with van der Waals surface area (Å²) in [6.45, 7) is 8.66. The van der Waals surface area contributed by atoms with E-state index in [1.807, 2.05) is 0 Å². The molecule has 0 aromatic carbocycles. The number of ether oxygens (including phenoxy) is 2. The predicted molar refractivity (Wildman–Crippen MR) is 91.5 cm³/mol. The van der Waals surface area contributed by atoms with Crippen LogP contribution in [-0.2, 0) is 9.53 Å². The van der Waals surface area contributed by atoms with E-state index in [1.54, 1.807) is 32.6 Å². The van der Waals surface area contributed by atoms with E-state index in [4.69, 9.17) is 21.1 Å². The number of piperazine rings is 1. The van der Waals surface area contributed by atoms with Gasteiger partial charge in [0.25, 0.3) is 0 Å². The molecule has 0 bridgehead atoms. The monoisotopic (exact) mass is 370 g/mol. The number of hydrogen-bond acceptors (Lipinski definition) is 6. The molecule has 1 aromatic rings. The van der Waals surface area contributed by atoms with Crippen molar-refractivity contribution in [2.45, 2.75) is 39.3 Å². The number of hydrogen-bond donors (Lipinski definition) is 0. The minimum Gasteiger partial charge on any atom is -0.488 e. The van der Waals surface area contributed by atoms with Crippen molar-refractivity contribution in [1.29, 1.82) is 0 Å². The summed E-state index contributed by atoms with van der Waals surface area (Å²) in [6.07, 6.45) is 2.48. The molecule has 0 radical (unpaired) electrons. The molecule has 0 N–H and O–H groups in total. The Morgan fingerprint density at radius 1 is 1.32 bits per heavy atom. The average molecular weight is 371 g/mol. The van der Waals surface area contributed by atoms with Crippen LogP contribution < -0.4 is 4.74 Å². The van der Waals surface area contributed by atoms with E-state index < -0.39 is 17.7 Å². The summed E-state index contributed by atoms with van der Waals surface area (Å²) in [4.78, 5) is 35.4. The number of carbonyl (C=O) groups excluding carboxylic acids is 2. The van der Waals surface area contributed by atoms with Crippen LogP contribution >= 0.6 is 11.6 Å². The van der Waals surface area contributed by atoms with Gasteiger partial charge in [-0.25, -0.2) is 14.8 Å². The van der Waals surface area contributed by atoms with Crippen molar-refractivity contribution >= 4 is 23.6 Å². The summed E-state index contributed by atoms with van der Waals surface area (Å²) >= 11 is 5.61. The molecule has 0 aliphatic carbocycles. The smallest absolute Gasteiger partial charge is 0.411 e. The zero-order chi connectivity index (χ0) is 18.6. The first-order chi connectivity index (χ1) is 11.7. The van der Waals surface area contributed by atoms with Gasteiger partial charge in [0.05, 0.1) is 18.9 Å². The zero-order valence-electron chi connectivity index (χ0n) is 14.9. The van der Waals surface area contributed by atoms with Crippen molar-refractivity contribution in [2.24, 2.45) is 0 Å². The van der Waals surface area contributed by atoms with E-state index in [9.17, 15) is 9.59 Å². The van der Waals surface area contributed by atoms with Crippen LogP contribution in [-0.4, -0.2) is 69.7 Å². The molecule has 1 aromatic heterocycles. The number of aromatic nitrogens is 2. The molecule has 1 fully saturated rings. The third-order valence-corrected chi connectivity index (χ3v) is 3.80. The first kappa shape index (κ1) is 19.2. The summed E-state index contributed by atoms with van der Waals surface area (Å²) in [6, 6.07) is -0.567. The van der Waals surface area contributed by atoms with E-state index in [2.05, 4.69) is 9.97 Å². The van der Waals surface area contributed by atoms with Crippen LogP contribution in [0.4, 0.5) is 4.79 Å². The van der Waals surface area contributed by atoms with Crippen LogP contribution in [0.5, 0.6) is 5.75 Å². The fourth-order valence-corrected chi connectivity index (χ4v) is 2.47. The predicted octanol–water partition coefficient (Wildman–Crippen LogP) is 1.98. The fraction of sp³-hybridized carbons (Fsp3) is 0.625. The number of rotatable bonds is 4. The van der Waals surface area contributed by atoms with E-state index in [0.29, 0.717) is 32.0 Å². The van der Waals surface area contributed by atoms with Gasteiger partial charge in [0.1, 0.15) is 18.2 Å². The SMILES string of the molecule is C[C@H]1C(=O)N(CCOc2cnc(Cl)nc2)CCN1C(=O)OC(C)(C)C. The highest BCUT2D eigenvalue weighted by molar-refractivity contribution is 6.28. The fourth-order valence-electron chi connectivity index (χ4n) is 2.37. The van der Waals surface area contributed by atoms with Crippen LogP contribution in [0.3, 0.4) is 0 Å². The molecule has 0 spiro atoms. The molecule has 0 unspecified atom stereocenters. The Kier molecular flexibility index (Phi) is 6.05. The normalized spacial score (nSPS) is 18.3. The summed E-state index contributed by atoms with van der Waals surface area (Å²) in [7, 11) is 0. The van der Waals surface area contributed by atoms with Gasteiger partial charge in [-0.1, -0.05) is 0 Å². The first-order valence-electron chi connectivity index (χ1n) is 8.06. The van der Waals surface area contributed by atoms with Gasteiger partial charge in [0, 0.05) is 13.1 Å². The lowest BCUT2D eigenvalue weighted by molar-refractivity contribution is -0.141. The molecule has 2 heterocycles. The lowest BCUT2D eigenvalue weighted by Gasteiger charge is -2.39. The van der Waals surface area contributed by atoms with Crippen molar-refractivity contribution in [1.82, 2.24) is 19.8 Å². The zero-order valence-corrected chi connectivity index (χ0v) is 15.6. The third kappa shape index (κ3) is 5.45. The average Bonchev–Trinajstić information content (AvgIpc) is 2.51. The molecule has 0 saturated carbocycles. The van der Waals surface area contributed by atoms with E-state index in [-0.39, 0.29) is 11.2 Å². The highest BCUT2D eigenvalue weighted by Crippen LogP contribution is 2.17. The number of amides is 2. The Balaban J connectivity index is 1.84. The summed E-state index contributed by atoms with van der Waals surface area (Å²) in [5, 5.41) is 0.148. The Hall–Kier alpha value is -2.09. The maximum absolute atomic E-state index is 12.5. The van der Waals surface area contributed by atoms with Gasteiger partial charge >= 0.3 is 6.09 Å². The summed E-state index contributed by atoms with van der Waals surface area (Å²) in [5.74, 6) is 0.352. The third-order valence-electron chi connectivity index (χ3n) is 3.60. The lowest BCUT2D eigenvalue weighted by atomic mass is 10.2. The van der Waals surface area contributed by atoms with Crippen LogP contribution in [0.25, 0.3) is 0 Å². The summed E-state index contributed by atoms with van der Waals surface area (Å²) < 4.78 is 10.9. The maximum atomic E-state index is 12.5. The first-order valence-corrected chi connectivity index (χ1v) is 8.44. The minimum atomic E-state index is -0.592. The largest absolute Gasteiger partial charge is 0.488 e. The lowest BCUT2D eigenvalue weighted by Crippen LogP contribution is -2.58. The van der Waals surface area contributed by atoms with Gasteiger partial charge < -0.3 is 14.4 Å². The Morgan fingerprint density at radius 2 is 1.96 bits per heavy atom. The number of carbonyl (C=O) groups is 2. The van der Waals surface area contributed by atoms with E-state index in [1.165, 1.54) is 17.3 Å². The Bertz CT molecular complexity index is 618. The van der Waals surface area contributed by atoms with Crippen molar-refractivity contribution < 1.29 is 19.1 Å². The van der Waals surface area contributed by atoms with Crippen LogP contribution in [0.15, 0.2) is 12.4 Å². The topological polar surface area (TPSA) is 84.9 Å². The van der Waals surface area contributed by atoms with Gasteiger partial charge in [-0.05, 0) is 39.3 Å². The molecule has 8 nitrogen and oxygen atoms in total. The van der Waals surface area contributed by atoms with E-state index in [0.717, 1.165) is 0 Å². The molecule has 9 heteroatoms. The van der Waals surface area contributed by atoms with Gasteiger partial charge in [-0.2, -0.15) is 0 Å². The van der Waals surface area contributed by atoms with Gasteiger partial charge in [-0.3, -0.25) is 9.69 Å². The van der Waals surface area contributed by atoms with Gasteiger partial charge in [0.15, 0.2) is 5.75 Å². The second-order valence-electron chi connectivity index (χ2n) is 6.71. The van der Waals surface area contributed by atoms with E-state index >= 15 is 0 Å². The maximum Gasteiger partial charge on any atom is 0.411 e. The molecule has 1 aliphatic heterocycles. The second kappa shape index (κ2) is 7.86. The molecule has 1 saturated heterocycles. The van der Waals surface area contributed by atoms with Crippen molar-refractivity contribution in [3.05, 3.63) is 17.7 Å². The standard InChI is InChI=1S/C16H23ClN4O4/c1-11-13(22)20(5-6-21(11)15(23)25-16(2,3)4)7-8-24-12-9-18-14(17)19-10-12/h9-11H,5-8H2,1-4H3/t11-/m0/s1. The van der Waals surface area contributed by atoms with Crippen LogP contribution in [0.2, 0.25) is 5.28 Å². The van der Waals surface area contributed by atoms with Crippen molar-refractivity contribution in [3.63, 3.8) is 0 Å². The van der Waals surface area contributed by atoms with Crippen molar-refractivity contribution in [3.8, 4) is 5.75 Å². The Labute approximate surface area is 152 Å². The molecule has 138 valence electrons. The molecular formula is C16H23ClN4O4. The van der Waals surface area contributed by atoms with Crippen molar-refractivity contribution in [2.75, 3.05) is 26.2 Å². The molecule has 1 aliphatic rings.